The normalized spacial score (nSPS) is 13.9. The lowest BCUT2D eigenvalue weighted by Crippen LogP contribution is -2.27. The number of hydrogen-bond acceptors (Lipinski definition) is 5. The second-order valence-corrected chi connectivity index (χ2v) is 7.97. The molecule has 0 atom stereocenters. The van der Waals surface area contributed by atoms with Crippen molar-refractivity contribution < 1.29 is 9.72 Å². The van der Waals surface area contributed by atoms with Crippen molar-refractivity contribution in [3.05, 3.63) is 63.7 Å². The smallest absolute Gasteiger partial charge is 0.270 e. The number of amides is 1. The van der Waals surface area contributed by atoms with Gasteiger partial charge in [-0.3, -0.25) is 19.9 Å². The molecule has 2 aromatic carbocycles. The van der Waals surface area contributed by atoms with Gasteiger partial charge in [0.05, 0.1) is 16.3 Å². The number of fused-ring (bicyclic) bond motifs is 1. The SMILES string of the molecule is CCC(CC)Sc1ccccc1C1=NCC(=O)N(C)c2ccc([N+](=O)[O-])cc21. The number of anilines is 1. The van der Waals surface area contributed by atoms with Crippen LogP contribution in [-0.2, 0) is 4.79 Å². The van der Waals surface area contributed by atoms with Crippen molar-refractivity contribution in [3.63, 3.8) is 0 Å². The molecular formula is C21H23N3O3S. The summed E-state index contributed by atoms with van der Waals surface area (Å²) >= 11 is 1.79. The summed E-state index contributed by atoms with van der Waals surface area (Å²) < 4.78 is 0. The van der Waals surface area contributed by atoms with Crippen molar-refractivity contribution in [3.8, 4) is 0 Å². The monoisotopic (exact) mass is 397 g/mol. The lowest BCUT2D eigenvalue weighted by molar-refractivity contribution is -0.384. The Morgan fingerprint density at radius 2 is 1.89 bits per heavy atom. The van der Waals surface area contributed by atoms with Crippen LogP contribution in [0.4, 0.5) is 11.4 Å². The fourth-order valence-electron chi connectivity index (χ4n) is 3.22. The van der Waals surface area contributed by atoms with Crippen LogP contribution in [0.2, 0.25) is 0 Å². The number of benzene rings is 2. The van der Waals surface area contributed by atoms with E-state index >= 15 is 0 Å². The zero-order valence-corrected chi connectivity index (χ0v) is 17.0. The van der Waals surface area contributed by atoms with E-state index in [1.54, 1.807) is 24.9 Å². The number of non-ortho nitro benzene ring substituents is 1. The maximum absolute atomic E-state index is 12.4. The highest BCUT2D eigenvalue weighted by molar-refractivity contribution is 8.00. The molecular weight excluding hydrogens is 374 g/mol. The Balaban J connectivity index is 2.17. The molecule has 0 saturated carbocycles. The number of likely N-dealkylation sites (N-methyl/N-ethyl adjacent to an activating group) is 1. The molecule has 0 saturated heterocycles. The van der Waals surface area contributed by atoms with Crippen LogP contribution < -0.4 is 4.90 Å². The Morgan fingerprint density at radius 3 is 2.57 bits per heavy atom. The lowest BCUT2D eigenvalue weighted by atomic mass is 9.99. The van der Waals surface area contributed by atoms with Crippen molar-refractivity contribution in [1.82, 2.24) is 0 Å². The van der Waals surface area contributed by atoms with Gasteiger partial charge in [0.1, 0.15) is 6.54 Å². The number of benzodiazepines with no additional fused rings is 1. The molecule has 0 N–H and O–H groups in total. The molecule has 2 aromatic rings. The highest BCUT2D eigenvalue weighted by atomic mass is 32.2. The summed E-state index contributed by atoms with van der Waals surface area (Å²) in [7, 11) is 1.68. The third-order valence-electron chi connectivity index (χ3n) is 4.90. The molecule has 0 aromatic heterocycles. The van der Waals surface area contributed by atoms with E-state index in [0.29, 0.717) is 22.2 Å². The van der Waals surface area contributed by atoms with E-state index in [-0.39, 0.29) is 18.1 Å². The van der Waals surface area contributed by atoms with E-state index in [1.807, 2.05) is 24.3 Å². The number of nitrogens with zero attached hydrogens (tertiary/aromatic N) is 3. The van der Waals surface area contributed by atoms with Gasteiger partial charge in [-0.25, -0.2) is 0 Å². The lowest BCUT2D eigenvalue weighted by Gasteiger charge is -2.19. The largest absolute Gasteiger partial charge is 0.313 e. The Hall–Kier alpha value is -2.67. The van der Waals surface area contributed by atoms with Gasteiger partial charge in [0.2, 0.25) is 5.91 Å². The highest BCUT2D eigenvalue weighted by Gasteiger charge is 2.26. The van der Waals surface area contributed by atoms with E-state index in [4.69, 9.17) is 0 Å². The van der Waals surface area contributed by atoms with Crippen LogP contribution >= 0.6 is 11.8 Å². The summed E-state index contributed by atoms with van der Waals surface area (Å²) in [6.45, 7) is 4.34. The van der Waals surface area contributed by atoms with Gasteiger partial charge in [-0.05, 0) is 25.0 Å². The topological polar surface area (TPSA) is 75.8 Å². The van der Waals surface area contributed by atoms with Crippen molar-refractivity contribution >= 4 is 34.8 Å². The molecule has 3 rings (SSSR count). The number of hydrogen-bond donors (Lipinski definition) is 0. The summed E-state index contributed by atoms with van der Waals surface area (Å²) in [4.78, 5) is 30.5. The van der Waals surface area contributed by atoms with E-state index in [9.17, 15) is 14.9 Å². The van der Waals surface area contributed by atoms with Crippen LogP contribution in [0, 0.1) is 10.1 Å². The molecule has 28 heavy (non-hydrogen) atoms. The summed E-state index contributed by atoms with van der Waals surface area (Å²) in [5, 5.41) is 11.8. The Kier molecular flexibility index (Phi) is 6.14. The minimum atomic E-state index is -0.421. The minimum absolute atomic E-state index is 0.0122. The average Bonchev–Trinajstić information content (AvgIpc) is 2.83. The maximum atomic E-state index is 12.4. The molecule has 0 unspecified atom stereocenters. The maximum Gasteiger partial charge on any atom is 0.270 e. The second-order valence-electron chi connectivity index (χ2n) is 6.63. The van der Waals surface area contributed by atoms with E-state index in [0.717, 1.165) is 23.3 Å². The fraction of sp³-hybridized carbons (Fsp3) is 0.333. The molecule has 0 spiro atoms. The number of carbonyl (C=O) groups excluding carboxylic acids is 1. The zero-order valence-electron chi connectivity index (χ0n) is 16.2. The van der Waals surface area contributed by atoms with E-state index in [2.05, 4.69) is 18.8 Å². The number of carbonyl (C=O) groups is 1. The molecule has 0 aliphatic carbocycles. The van der Waals surface area contributed by atoms with Gasteiger partial charge >= 0.3 is 0 Å². The van der Waals surface area contributed by atoms with E-state index in [1.165, 1.54) is 17.0 Å². The fourth-order valence-corrected chi connectivity index (χ4v) is 4.36. The molecule has 1 aliphatic rings. The number of aliphatic imine (C=N–C) groups is 1. The highest BCUT2D eigenvalue weighted by Crippen LogP contribution is 2.35. The number of nitro groups is 1. The van der Waals surface area contributed by atoms with Crippen LogP contribution in [0.25, 0.3) is 0 Å². The number of thioether (sulfide) groups is 1. The first-order valence-electron chi connectivity index (χ1n) is 9.32. The Labute approximate surface area is 168 Å². The van der Waals surface area contributed by atoms with Gasteiger partial charge in [-0.1, -0.05) is 32.0 Å². The van der Waals surface area contributed by atoms with Gasteiger partial charge in [-0.2, -0.15) is 0 Å². The van der Waals surface area contributed by atoms with E-state index < -0.39 is 4.92 Å². The van der Waals surface area contributed by atoms with Crippen molar-refractivity contribution in [2.24, 2.45) is 4.99 Å². The van der Waals surface area contributed by atoms with Gasteiger partial charge in [0, 0.05) is 40.5 Å². The van der Waals surface area contributed by atoms with Crippen LogP contribution in [-0.4, -0.2) is 35.4 Å². The van der Waals surface area contributed by atoms with Crippen molar-refractivity contribution in [1.29, 1.82) is 0 Å². The first-order chi connectivity index (χ1) is 13.5. The molecule has 0 radical (unpaired) electrons. The average molecular weight is 398 g/mol. The Morgan fingerprint density at radius 1 is 1.18 bits per heavy atom. The van der Waals surface area contributed by atoms with Crippen LogP contribution in [0.15, 0.2) is 52.4 Å². The predicted octanol–water partition coefficient (Wildman–Crippen LogP) is 4.69. The van der Waals surface area contributed by atoms with Gasteiger partial charge in [-0.15, -0.1) is 11.8 Å². The van der Waals surface area contributed by atoms with Crippen molar-refractivity contribution in [2.75, 3.05) is 18.5 Å². The zero-order chi connectivity index (χ0) is 20.3. The summed E-state index contributed by atoms with van der Waals surface area (Å²) in [5.41, 5.74) is 2.77. The van der Waals surface area contributed by atoms with Crippen LogP contribution in [0.5, 0.6) is 0 Å². The molecule has 0 bridgehead atoms. The summed E-state index contributed by atoms with van der Waals surface area (Å²) in [6, 6.07) is 12.5. The molecule has 1 aliphatic heterocycles. The van der Waals surface area contributed by atoms with Crippen molar-refractivity contribution in [2.45, 2.75) is 36.8 Å². The Bertz CT molecular complexity index is 938. The third-order valence-corrected chi connectivity index (χ3v) is 6.51. The van der Waals surface area contributed by atoms with Gasteiger partial charge < -0.3 is 4.90 Å². The quantitative estimate of drug-likeness (QED) is 0.403. The summed E-state index contributed by atoms with van der Waals surface area (Å²) in [5.74, 6) is -0.143. The van der Waals surface area contributed by atoms with Crippen LogP contribution in [0.3, 0.4) is 0 Å². The molecule has 6 nitrogen and oxygen atoms in total. The molecule has 146 valence electrons. The second kappa shape index (κ2) is 8.56. The molecule has 7 heteroatoms. The molecule has 1 amide bonds. The molecule has 1 heterocycles. The first-order valence-corrected chi connectivity index (χ1v) is 10.2. The molecule has 0 fully saturated rings. The number of nitro benzene ring substituents is 1. The minimum Gasteiger partial charge on any atom is -0.313 e. The third kappa shape index (κ3) is 3.94. The predicted molar refractivity (Wildman–Crippen MR) is 114 cm³/mol. The first kappa shape index (κ1) is 20.1. The number of rotatable bonds is 6. The van der Waals surface area contributed by atoms with Gasteiger partial charge in [0.25, 0.3) is 5.69 Å². The van der Waals surface area contributed by atoms with Gasteiger partial charge in [0.15, 0.2) is 0 Å². The standard InChI is InChI=1S/C21H23N3O3S/c1-4-15(5-2)28-19-9-7-6-8-16(19)21-17-12-14(24(26)27)10-11-18(17)23(3)20(25)13-22-21/h6-12,15H,4-5,13H2,1-3H3. The summed E-state index contributed by atoms with van der Waals surface area (Å²) in [6.07, 6.45) is 2.09. The van der Waals surface area contributed by atoms with Crippen LogP contribution in [0.1, 0.15) is 37.8 Å².